The van der Waals surface area contributed by atoms with E-state index in [0.717, 1.165) is 31.6 Å². The van der Waals surface area contributed by atoms with Gasteiger partial charge in [-0.1, -0.05) is 0 Å². The lowest BCUT2D eigenvalue weighted by atomic mass is 9.93. The fraction of sp³-hybridized carbons (Fsp3) is 0.692. The van der Waals surface area contributed by atoms with Crippen LogP contribution >= 0.6 is 0 Å². The molecule has 0 amide bonds. The van der Waals surface area contributed by atoms with Gasteiger partial charge in [-0.25, -0.2) is 4.79 Å². The molecule has 0 spiro atoms. The molecule has 1 N–H and O–H groups in total. The number of carboxylic acid groups (broad SMARTS) is 1. The summed E-state index contributed by atoms with van der Waals surface area (Å²) in [6, 6.07) is 1.95. The zero-order valence-electron chi connectivity index (χ0n) is 11.3. The van der Waals surface area contributed by atoms with Crippen LogP contribution in [0.5, 0.6) is 0 Å². The number of piperidine rings is 1. The third-order valence-corrected chi connectivity index (χ3v) is 3.61. The minimum atomic E-state index is -0.941. The van der Waals surface area contributed by atoms with E-state index in [1.54, 1.807) is 6.07 Å². The number of carboxylic acids is 1. The van der Waals surface area contributed by atoms with Crippen LogP contribution in [0, 0.1) is 0 Å². The molecule has 18 heavy (non-hydrogen) atoms. The third-order valence-electron chi connectivity index (χ3n) is 3.61. The highest BCUT2D eigenvalue weighted by Gasteiger charge is 2.25. The molecule has 0 bridgehead atoms. The Labute approximate surface area is 107 Å². The monoisotopic (exact) mass is 251 g/mol. The summed E-state index contributed by atoms with van der Waals surface area (Å²) in [5, 5.41) is 13.3. The van der Waals surface area contributed by atoms with Crippen LogP contribution < -0.4 is 0 Å². The Balaban J connectivity index is 2.28. The number of likely N-dealkylation sites (tertiary alicyclic amines) is 1. The van der Waals surface area contributed by atoms with E-state index in [4.69, 9.17) is 5.11 Å². The molecule has 0 radical (unpaired) electrons. The molecule has 0 atom stereocenters. The first-order valence-electron chi connectivity index (χ1n) is 6.50. The quantitative estimate of drug-likeness (QED) is 0.892. The maximum Gasteiger partial charge on any atom is 0.356 e. The largest absolute Gasteiger partial charge is 0.476 e. The number of hydrogen-bond acceptors (Lipinski definition) is 3. The van der Waals surface area contributed by atoms with Gasteiger partial charge in [-0.3, -0.25) is 4.68 Å². The molecule has 1 aliphatic rings. The van der Waals surface area contributed by atoms with Crippen molar-refractivity contribution in [2.45, 2.75) is 38.6 Å². The van der Waals surface area contributed by atoms with Crippen molar-refractivity contribution in [2.75, 3.05) is 20.1 Å². The summed E-state index contributed by atoms with van der Waals surface area (Å²) in [5.74, 6) is -0.507. The maximum atomic E-state index is 11.0. The fourth-order valence-electron chi connectivity index (χ4n) is 2.54. The Hall–Kier alpha value is -1.36. The zero-order valence-corrected chi connectivity index (χ0v) is 11.3. The average Bonchev–Trinajstić information content (AvgIpc) is 2.75. The Kier molecular flexibility index (Phi) is 3.71. The second-order valence-electron chi connectivity index (χ2n) is 5.38. The number of aromatic nitrogens is 2. The molecule has 2 rings (SSSR count). The SMILES string of the molecule is CC(C)n1nc(C(=O)O)cc1C1CCN(C)CC1. The van der Waals surface area contributed by atoms with Crippen molar-refractivity contribution < 1.29 is 9.90 Å². The van der Waals surface area contributed by atoms with Gasteiger partial charge in [0.25, 0.3) is 0 Å². The first-order valence-corrected chi connectivity index (χ1v) is 6.50. The van der Waals surface area contributed by atoms with E-state index in [1.807, 2.05) is 18.5 Å². The molecule has 1 aliphatic heterocycles. The predicted octanol–water partition coefficient (Wildman–Crippen LogP) is 1.97. The van der Waals surface area contributed by atoms with Crippen molar-refractivity contribution in [1.29, 1.82) is 0 Å². The third kappa shape index (κ3) is 2.56. The van der Waals surface area contributed by atoms with Crippen molar-refractivity contribution in [3.63, 3.8) is 0 Å². The fourth-order valence-corrected chi connectivity index (χ4v) is 2.54. The molecule has 0 unspecified atom stereocenters. The number of nitrogens with zero attached hydrogens (tertiary/aromatic N) is 3. The van der Waals surface area contributed by atoms with E-state index in [-0.39, 0.29) is 11.7 Å². The molecule has 0 saturated carbocycles. The van der Waals surface area contributed by atoms with Gasteiger partial charge in [0.1, 0.15) is 0 Å². The molecular formula is C13H21N3O2. The van der Waals surface area contributed by atoms with Crippen molar-refractivity contribution in [3.05, 3.63) is 17.5 Å². The Morgan fingerprint density at radius 2 is 2.06 bits per heavy atom. The smallest absolute Gasteiger partial charge is 0.356 e. The topological polar surface area (TPSA) is 58.4 Å². The van der Waals surface area contributed by atoms with E-state index in [9.17, 15) is 4.79 Å². The molecular weight excluding hydrogens is 230 g/mol. The summed E-state index contributed by atoms with van der Waals surface area (Å²) in [7, 11) is 2.12. The van der Waals surface area contributed by atoms with Crippen LogP contribution in [0.4, 0.5) is 0 Å². The Bertz CT molecular complexity index is 431. The molecule has 100 valence electrons. The summed E-state index contributed by atoms with van der Waals surface area (Å²) < 4.78 is 1.87. The zero-order chi connectivity index (χ0) is 13.3. The predicted molar refractivity (Wildman–Crippen MR) is 69.0 cm³/mol. The van der Waals surface area contributed by atoms with Gasteiger partial charge in [0.05, 0.1) is 0 Å². The highest BCUT2D eigenvalue weighted by Crippen LogP contribution is 2.29. The van der Waals surface area contributed by atoms with Crippen molar-refractivity contribution in [2.24, 2.45) is 0 Å². The number of hydrogen-bond donors (Lipinski definition) is 1. The molecule has 2 heterocycles. The second-order valence-corrected chi connectivity index (χ2v) is 5.38. The lowest BCUT2D eigenvalue weighted by Crippen LogP contribution is -2.30. The van der Waals surface area contributed by atoms with Crippen molar-refractivity contribution in [3.8, 4) is 0 Å². The lowest BCUT2D eigenvalue weighted by molar-refractivity contribution is 0.0689. The van der Waals surface area contributed by atoms with Gasteiger partial charge in [0.2, 0.25) is 0 Å². The van der Waals surface area contributed by atoms with Gasteiger partial charge in [-0.2, -0.15) is 5.10 Å². The van der Waals surface area contributed by atoms with Crippen molar-refractivity contribution >= 4 is 5.97 Å². The summed E-state index contributed by atoms with van der Waals surface area (Å²) in [5.41, 5.74) is 1.24. The second kappa shape index (κ2) is 5.10. The van der Waals surface area contributed by atoms with Crippen LogP contribution in [0.3, 0.4) is 0 Å². The lowest BCUT2D eigenvalue weighted by Gasteiger charge is -2.29. The minimum absolute atomic E-state index is 0.164. The van der Waals surface area contributed by atoms with E-state index >= 15 is 0 Å². The highest BCUT2D eigenvalue weighted by atomic mass is 16.4. The van der Waals surface area contributed by atoms with Crippen LogP contribution in [0.1, 0.15) is 54.8 Å². The Morgan fingerprint density at radius 3 is 2.56 bits per heavy atom. The minimum Gasteiger partial charge on any atom is -0.476 e. The number of aromatic carboxylic acids is 1. The highest BCUT2D eigenvalue weighted by molar-refractivity contribution is 5.85. The van der Waals surface area contributed by atoms with Gasteiger partial charge in [-0.05, 0) is 52.9 Å². The van der Waals surface area contributed by atoms with Gasteiger partial charge in [-0.15, -0.1) is 0 Å². The van der Waals surface area contributed by atoms with Crippen LogP contribution in [0.15, 0.2) is 6.07 Å². The van der Waals surface area contributed by atoms with Crippen LogP contribution in [-0.4, -0.2) is 45.9 Å². The molecule has 5 nitrogen and oxygen atoms in total. The molecule has 1 fully saturated rings. The summed E-state index contributed by atoms with van der Waals surface area (Å²) in [6.45, 7) is 6.21. The standard InChI is InChI=1S/C13H21N3O2/c1-9(2)16-12(8-11(14-16)13(17)18)10-4-6-15(3)7-5-10/h8-10H,4-7H2,1-3H3,(H,17,18). The molecule has 0 aromatic carbocycles. The molecule has 5 heteroatoms. The van der Waals surface area contributed by atoms with Gasteiger partial charge >= 0.3 is 5.97 Å². The normalized spacial score (nSPS) is 18.4. The van der Waals surface area contributed by atoms with Crippen LogP contribution in [0.2, 0.25) is 0 Å². The van der Waals surface area contributed by atoms with Gasteiger partial charge < -0.3 is 10.0 Å². The summed E-state index contributed by atoms with van der Waals surface area (Å²) in [4.78, 5) is 13.4. The van der Waals surface area contributed by atoms with E-state index in [2.05, 4.69) is 17.0 Å². The van der Waals surface area contributed by atoms with Crippen LogP contribution in [0.25, 0.3) is 0 Å². The molecule has 1 aromatic heterocycles. The molecule has 0 aliphatic carbocycles. The molecule has 1 aromatic rings. The Morgan fingerprint density at radius 1 is 1.44 bits per heavy atom. The first kappa shape index (κ1) is 13.1. The van der Waals surface area contributed by atoms with Gasteiger partial charge in [0.15, 0.2) is 5.69 Å². The summed E-state index contributed by atoms with van der Waals surface area (Å²) >= 11 is 0. The maximum absolute atomic E-state index is 11.0. The number of rotatable bonds is 3. The summed E-state index contributed by atoms with van der Waals surface area (Å²) in [6.07, 6.45) is 2.15. The van der Waals surface area contributed by atoms with E-state index < -0.39 is 5.97 Å². The van der Waals surface area contributed by atoms with Crippen molar-refractivity contribution in [1.82, 2.24) is 14.7 Å². The van der Waals surface area contributed by atoms with E-state index in [1.165, 1.54) is 0 Å². The number of carbonyl (C=O) groups is 1. The molecule has 1 saturated heterocycles. The van der Waals surface area contributed by atoms with Gasteiger partial charge in [0, 0.05) is 17.7 Å². The van der Waals surface area contributed by atoms with E-state index in [0.29, 0.717) is 5.92 Å². The average molecular weight is 251 g/mol. The first-order chi connectivity index (χ1) is 8.49. The van der Waals surface area contributed by atoms with Crippen LogP contribution in [-0.2, 0) is 0 Å².